The second-order valence-corrected chi connectivity index (χ2v) is 18.6. The molecular weight excluding hydrogens is 709 g/mol. The number of hydrogen-bond donors (Lipinski definition) is 0. The predicted molar refractivity (Wildman–Crippen MR) is 257 cm³/mol. The average Bonchev–Trinajstić information content (AvgIpc) is 3.24. The lowest BCUT2D eigenvalue weighted by Gasteiger charge is -2.20. The van der Waals surface area contributed by atoms with Crippen LogP contribution in [-0.4, -0.2) is 19.5 Å². The molecule has 0 radical (unpaired) electrons. The highest BCUT2D eigenvalue weighted by molar-refractivity contribution is 5.79. The Labute approximate surface area is 364 Å². The van der Waals surface area contributed by atoms with Crippen molar-refractivity contribution in [2.45, 2.75) is 285 Å². The Balaban J connectivity index is 2.71. The number of benzene rings is 1. The number of carbonyl (C=O) groups excluding carboxylic acids is 1. The number of carbonyl (C=O) groups is 1. The normalized spacial score (nSPS) is 12.6. The summed E-state index contributed by atoms with van der Waals surface area (Å²) in [4.78, 5) is 12.2. The molecule has 0 saturated heterocycles. The van der Waals surface area contributed by atoms with Gasteiger partial charge >= 0.3 is 0 Å². The number of unbranched alkanes of at least 4 members (excludes halogenated alkanes) is 32. The molecule has 1 rings (SSSR count). The number of aldehydes is 1. The van der Waals surface area contributed by atoms with Crippen molar-refractivity contribution >= 4 is 6.29 Å². The standard InChI is InChI=1S/C55H102O3/c1-5-9-13-17-21-25-27-31-35-38-42-51(41-37-33-29-23-19-15-11-7-3)49-57-54-46-45-53(48-56)55(47-54)58-50-52(43-39-34-30-24-20-16-12-8-4)44-40-36-32-28-26-22-18-14-10-6-2/h45-48,51-52H,5-44,49-50H2,1-4H3. The molecule has 340 valence electrons. The summed E-state index contributed by atoms with van der Waals surface area (Å²) in [5.74, 6) is 2.72. The zero-order valence-corrected chi connectivity index (χ0v) is 39.9. The molecule has 0 aliphatic carbocycles. The molecule has 0 fully saturated rings. The van der Waals surface area contributed by atoms with Gasteiger partial charge in [0, 0.05) is 6.07 Å². The molecule has 0 aliphatic rings. The van der Waals surface area contributed by atoms with Crippen LogP contribution in [-0.2, 0) is 0 Å². The van der Waals surface area contributed by atoms with Crippen molar-refractivity contribution in [3.05, 3.63) is 23.8 Å². The highest BCUT2D eigenvalue weighted by Crippen LogP contribution is 2.28. The molecule has 0 spiro atoms. The molecule has 1 aromatic carbocycles. The maximum atomic E-state index is 12.2. The molecule has 58 heavy (non-hydrogen) atoms. The van der Waals surface area contributed by atoms with E-state index < -0.39 is 0 Å². The lowest BCUT2D eigenvalue weighted by Crippen LogP contribution is -2.14. The first-order chi connectivity index (χ1) is 28.7. The smallest absolute Gasteiger partial charge is 0.153 e. The molecule has 2 unspecified atom stereocenters. The molecule has 0 bridgehead atoms. The average molecular weight is 811 g/mol. The molecule has 0 heterocycles. The second kappa shape index (κ2) is 43.6. The van der Waals surface area contributed by atoms with Crippen LogP contribution >= 0.6 is 0 Å². The zero-order valence-electron chi connectivity index (χ0n) is 39.9. The molecule has 0 amide bonds. The Bertz CT molecular complexity index is 974. The number of rotatable bonds is 47. The number of ether oxygens (including phenoxy) is 2. The highest BCUT2D eigenvalue weighted by Gasteiger charge is 2.15. The molecular formula is C55H102O3. The SMILES string of the molecule is CCCCCCCCCCCCC(CCCCCCCCCC)COc1ccc(C=O)c(OCC(CCCCCCCCCC)CCCCCCCCCCCC)c1. The van der Waals surface area contributed by atoms with Gasteiger partial charge < -0.3 is 9.47 Å². The van der Waals surface area contributed by atoms with Gasteiger partial charge in [-0.3, -0.25) is 4.79 Å². The predicted octanol–water partition coefficient (Wildman–Crippen LogP) is 19.2. The molecule has 0 saturated carbocycles. The van der Waals surface area contributed by atoms with Crippen LogP contribution in [0.2, 0.25) is 0 Å². The van der Waals surface area contributed by atoms with Crippen molar-refractivity contribution in [1.82, 2.24) is 0 Å². The maximum absolute atomic E-state index is 12.2. The first-order valence-electron chi connectivity index (χ1n) is 26.5. The van der Waals surface area contributed by atoms with Crippen LogP contribution in [0.4, 0.5) is 0 Å². The Kier molecular flexibility index (Phi) is 41.0. The molecule has 2 atom stereocenters. The topological polar surface area (TPSA) is 35.5 Å². The molecule has 0 aromatic heterocycles. The van der Waals surface area contributed by atoms with Gasteiger partial charge in [-0.05, 0) is 49.7 Å². The van der Waals surface area contributed by atoms with Crippen LogP contribution in [0.25, 0.3) is 0 Å². The van der Waals surface area contributed by atoms with Crippen molar-refractivity contribution in [2.75, 3.05) is 13.2 Å². The quantitative estimate of drug-likeness (QED) is 0.0486. The van der Waals surface area contributed by atoms with E-state index in [4.69, 9.17) is 9.47 Å². The third-order valence-corrected chi connectivity index (χ3v) is 12.9. The fraction of sp³-hybridized carbons (Fsp3) is 0.873. The van der Waals surface area contributed by atoms with E-state index in [9.17, 15) is 4.79 Å². The van der Waals surface area contributed by atoms with Crippen LogP contribution < -0.4 is 9.47 Å². The third-order valence-electron chi connectivity index (χ3n) is 12.9. The minimum absolute atomic E-state index is 0.551. The summed E-state index contributed by atoms with van der Waals surface area (Å²) in [5.41, 5.74) is 0.651. The Morgan fingerprint density at radius 2 is 0.655 bits per heavy atom. The van der Waals surface area contributed by atoms with E-state index in [0.29, 0.717) is 29.8 Å². The van der Waals surface area contributed by atoms with Crippen molar-refractivity contribution in [3.63, 3.8) is 0 Å². The highest BCUT2D eigenvalue weighted by atomic mass is 16.5. The van der Waals surface area contributed by atoms with Gasteiger partial charge in [0.1, 0.15) is 11.5 Å². The van der Waals surface area contributed by atoms with Crippen molar-refractivity contribution in [3.8, 4) is 11.5 Å². The van der Waals surface area contributed by atoms with Crippen LogP contribution in [0, 0.1) is 11.8 Å². The maximum Gasteiger partial charge on any atom is 0.153 e. The van der Waals surface area contributed by atoms with Gasteiger partial charge in [-0.2, -0.15) is 0 Å². The van der Waals surface area contributed by atoms with E-state index in [1.165, 1.54) is 257 Å². The van der Waals surface area contributed by atoms with Crippen LogP contribution in [0.1, 0.15) is 295 Å². The van der Waals surface area contributed by atoms with Crippen molar-refractivity contribution in [1.29, 1.82) is 0 Å². The first kappa shape index (κ1) is 54.5. The molecule has 0 aliphatic heterocycles. The largest absolute Gasteiger partial charge is 0.493 e. The zero-order chi connectivity index (χ0) is 41.8. The van der Waals surface area contributed by atoms with E-state index in [0.717, 1.165) is 18.6 Å². The van der Waals surface area contributed by atoms with E-state index in [1.807, 2.05) is 18.2 Å². The molecule has 1 aromatic rings. The van der Waals surface area contributed by atoms with Gasteiger partial charge in [0.2, 0.25) is 0 Å². The molecule has 3 heteroatoms. The lowest BCUT2D eigenvalue weighted by atomic mass is 9.94. The van der Waals surface area contributed by atoms with E-state index >= 15 is 0 Å². The Morgan fingerprint density at radius 1 is 0.379 bits per heavy atom. The van der Waals surface area contributed by atoms with Crippen molar-refractivity contribution in [2.24, 2.45) is 11.8 Å². The summed E-state index contributed by atoms with van der Waals surface area (Å²) >= 11 is 0. The minimum Gasteiger partial charge on any atom is -0.493 e. The summed E-state index contributed by atoms with van der Waals surface area (Å²) < 4.78 is 13.1. The van der Waals surface area contributed by atoms with Crippen LogP contribution in [0.5, 0.6) is 11.5 Å². The van der Waals surface area contributed by atoms with E-state index in [2.05, 4.69) is 27.7 Å². The van der Waals surface area contributed by atoms with Gasteiger partial charge in [0.15, 0.2) is 6.29 Å². The second-order valence-electron chi connectivity index (χ2n) is 18.6. The Hall–Kier alpha value is -1.51. The monoisotopic (exact) mass is 811 g/mol. The van der Waals surface area contributed by atoms with Gasteiger partial charge in [0.05, 0.1) is 18.8 Å². The summed E-state index contributed by atoms with van der Waals surface area (Å²) in [7, 11) is 0. The summed E-state index contributed by atoms with van der Waals surface area (Å²) in [6, 6.07) is 5.93. The third kappa shape index (κ3) is 34.2. The number of hydrogen-bond acceptors (Lipinski definition) is 3. The van der Waals surface area contributed by atoms with Gasteiger partial charge in [-0.25, -0.2) is 0 Å². The lowest BCUT2D eigenvalue weighted by molar-refractivity contribution is 0.111. The van der Waals surface area contributed by atoms with E-state index in [1.54, 1.807) is 0 Å². The summed E-state index contributed by atoms with van der Waals surface area (Å²) in [5, 5.41) is 0. The Morgan fingerprint density at radius 3 is 0.948 bits per heavy atom. The van der Waals surface area contributed by atoms with Crippen LogP contribution in [0.3, 0.4) is 0 Å². The molecule has 0 N–H and O–H groups in total. The first-order valence-corrected chi connectivity index (χ1v) is 26.5. The minimum atomic E-state index is 0.551. The fourth-order valence-electron chi connectivity index (χ4n) is 8.85. The molecule has 3 nitrogen and oxygen atoms in total. The van der Waals surface area contributed by atoms with Crippen molar-refractivity contribution < 1.29 is 14.3 Å². The summed E-state index contributed by atoms with van der Waals surface area (Å²) in [6.45, 7) is 10.7. The summed E-state index contributed by atoms with van der Waals surface area (Å²) in [6.07, 6.45) is 55.4. The van der Waals surface area contributed by atoms with Crippen LogP contribution in [0.15, 0.2) is 18.2 Å². The van der Waals surface area contributed by atoms with E-state index in [-0.39, 0.29) is 0 Å². The van der Waals surface area contributed by atoms with Gasteiger partial charge in [-0.15, -0.1) is 0 Å². The fourth-order valence-corrected chi connectivity index (χ4v) is 8.85. The van der Waals surface area contributed by atoms with Gasteiger partial charge in [0.25, 0.3) is 0 Å². The van der Waals surface area contributed by atoms with Gasteiger partial charge in [-0.1, -0.05) is 259 Å².